The van der Waals surface area contributed by atoms with Crippen molar-refractivity contribution >= 4 is 33.2 Å². The minimum absolute atomic E-state index is 0.0468. The predicted octanol–water partition coefficient (Wildman–Crippen LogP) is 3.73. The number of nitrogens with zero attached hydrogens (tertiary/aromatic N) is 3. The second-order valence-electron chi connectivity index (χ2n) is 8.57. The van der Waals surface area contributed by atoms with Crippen molar-refractivity contribution < 1.29 is 22.9 Å². The fraction of sp³-hybridized carbons (Fsp3) is 0.259. The molecule has 0 bridgehead atoms. The van der Waals surface area contributed by atoms with Gasteiger partial charge in [-0.25, -0.2) is 8.42 Å². The van der Waals surface area contributed by atoms with Crippen LogP contribution in [-0.4, -0.2) is 49.2 Å². The lowest BCUT2D eigenvalue weighted by Crippen LogP contribution is -2.51. The van der Waals surface area contributed by atoms with E-state index in [-0.39, 0.29) is 28.7 Å². The Kier molecular flexibility index (Phi) is 9.55. The summed E-state index contributed by atoms with van der Waals surface area (Å²) in [6.45, 7) is 3.41. The molecule has 3 rings (SSSR count). The number of anilines is 1. The van der Waals surface area contributed by atoms with Crippen molar-refractivity contribution in [2.75, 3.05) is 17.4 Å². The fourth-order valence-electron chi connectivity index (χ4n) is 3.75. The SMILES string of the molecule is CCCNC(=O)C(C)N(Cc1ccccc1)C(=O)CN(c1ccc([N+](=O)[O-])cc1)S(=O)(=O)c1ccccc1. The van der Waals surface area contributed by atoms with E-state index in [1.165, 1.54) is 41.3 Å². The van der Waals surface area contributed by atoms with Crippen LogP contribution in [0, 0.1) is 10.1 Å². The van der Waals surface area contributed by atoms with Crippen molar-refractivity contribution in [2.45, 2.75) is 37.8 Å². The topological polar surface area (TPSA) is 130 Å². The molecular formula is C27H30N4O6S. The molecule has 0 aliphatic carbocycles. The molecule has 200 valence electrons. The molecule has 0 heterocycles. The number of rotatable bonds is 12. The molecule has 0 aliphatic rings. The lowest BCUT2D eigenvalue weighted by Gasteiger charge is -2.32. The van der Waals surface area contributed by atoms with Crippen LogP contribution in [0.5, 0.6) is 0 Å². The van der Waals surface area contributed by atoms with Crippen molar-refractivity contribution in [3.8, 4) is 0 Å². The van der Waals surface area contributed by atoms with Crippen molar-refractivity contribution in [1.29, 1.82) is 0 Å². The van der Waals surface area contributed by atoms with Gasteiger partial charge in [-0.05, 0) is 43.2 Å². The minimum atomic E-state index is -4.23. The van der Waals surface area contributed by atoms with Gasteiger partial charge >= 0.3 is 0 Å². The monoisotopic (exact) mass is 538 g/mol. The smallest absolute Gasteiger partial charge is 0.269 e. The third-order valence-electron chi connectivity index (χ3n) is 5.87. The Balaban J connectivity index is 2.01. The van der Waals surface area contributed by atoms with Gasteiger partial charge in [-0.15, -0.1) is 0 Å². The number of sulfonamides is 1. The first-order chi connectivity index (χ1) is 18.1. The van der Waals surface area contributed by atoms with E-state index in [9.17, 15) is 28.1 Å². The zero-order chi connectivity index (χ0) is 27.7. The van der Waals surface area contributed by atoms with Gasteiger partial charge in [0.25, 0.3) is 15.7 Å². The number of carbonyl (C=O) groups is 2. The summed E-state index contributed by atoms with van der Waals surface area (Å²) < 4.78 is 28.2. The molecule has 0 saturated carbocycles. The summed E-state index contributed by atoms with van der Waals surface area (Å²) in [6, 6.07) is 20.7. The summed E-state index contributed by atoms with van der Waals surface area (Å²) in [5, 5.41) is 13.9. The number of hydrogen-bond donors (Lipinski definition) is 1. The van der Waals surface area contributed by atoms with Crippen LogP contribution in [0.2, 0.25) is 0 Å². The first-order valence-electron chi connectivity index (χ1n) is 12.1. The van der Waals surface area contributed by atoms with Gasteiger partial charge in [-0.2, -0.15) is 0 Å². The quantitative estimate of drug-likeness (QED) is 0.276. The lowest BCUT2D eigenvalue weighted by molar-refractivity contribution is -0.384. The Morgan fingerprint density at radius 3 is 2.08 bits per heavy atom. The summed E-state index contributed by atoms with van der Waals surface area (Å²) in [5.41, 5.74) is 0.628. The molecule has 0 saturated heterocycles. The van der Waals surface area contributed by atoms with E-state index < -0.39 is 33.4 Å². The van der Waals surface area contributed by atoms with E-state index >= 15 is 0 Å². The maximum atomic E-state index is 13.7. The zero-order valence-electron chi connectivity index (χ0n) is 21.2. The maximum absolute atomic E-state index is 13.7. The molecule has 1 N–H and O–H groups in total. The molecule has 11 heteroatoms. The van der Waals surface area contributed by atoms with Crippen molar-refractivity contribution in [2.24, 2.45) is 0 Å². The first-order valence-corrected chi connectivity index (χ1v) is 13.5. The second kappa shape index (κ2) is 12.8. The van der Waals surface area contributed by atoms with Gasteiger partial charge < -0.3 is 10.2 Å². The maximum Gasteiger partial charge on any atom is 0.269 e. The number of hydrogen-bond acceptors (Lipinski definition) is 6. The van der Waals surface area contributed by atoms with Crippen LogP contribution < -0.4 is 9.62 Å². The van der Waals surface area contributed by atoms with E-state index in [0.717, 1.165) is 9.87 Å². The van der Waals surface area contributed by atoms with E-state index in [0.29, 0.717) is 13.0 Å². The van der Waals surface area contributed by atoms with Crippen molar-refractivity contribution in [1.82, 2.24) is 10.2 Å². The van der Waals surface area contributed by atoms with Gasteiger partial charge in [-0.1, -0.05) is 55.5 Å². The van der Waals surface area contributed by atoms with E-state index in [1.807, 2.05) is 37.3 Å². The lowest BCUT2D eigenvalue weighted by atomic mass is 10.1. The van der Waals surface area contributed by atoms with E-state index in [1.54, 1.807) is 25.1 Å². The fourth-order valence-corrected chi connectivity index (χ4v) is 5.18. The van der Waals surface area contributed by atoms with Crippen LogP contribution >= 0.6 is 0 Å². The molecule has 0 aromatic heterocycles. The normalized spacial score (nSPS) is 11.8. The van der Waals surface area contributed by atoms with Crippen LogP contribution in [0.1, 0.15) is 25.8 Å². The molecule has 0 spiro atoms. The average molecular weight is 539 g/mol. The highest BCUT2D eigenvalue weighted by atomic mass is 32.2. The zero-order valence-corrected chi connectivity index (χ0v) is 22.0. The molecule has 38 heavy (non-hydrogen) atoms. The number of non-ortho nitro benzene ring substituents is 1. The van der Waals surface area contributed by atoms with Gasteiger partial charge in [0, 0.05) is 25.2 Å². The molecule has 3 aromatic carbocycles. The number of nitro groups is 1. The van der Waals surface area contributed by atoms with Gasteiger partial charge in [0.2, 0.25) is 11.8 Å². The average Bonchev–Trinajstić information content (AvgIpc) is 2.93. The highest BCUT2D eigenvalue weighted by Crippen LogP contribution is 2.26. The Morgan fingerprint density at radius 1 is 0.947 bits per heavy atom. The third kappa shape index (κ3) is 6.94. The van der Waals surface area contributed by atoms with Crippen molar-refractivity contribution in [3.05, 3.63) is 101 Å². The second-order valence-corrected chi connectivity index (χ2v) is 10.4. The van der Waals surface area contributed by atoms with Crippen molar-refractivity contribution in [3.63, 3.8) is 0 Å². The summed E-state index contributed by atoms with van der Waals surface area (Å²) in [4.78, 5) is 38.4. The molecule has 10 nitrogen and oxygen atoms in total. The standard InChI is InChI=1S/C27H30N4O6S/c1-3-18-28-27(33)21(2)29(19-22-10-6-4-7-11-22)26(32)20-30(23-14-16-24(17-15-23)31(34)35)38(36,37)25-12-8-5-9-13-25/h4-17,21H,3,18-20H2,1-2H3,(H,28,33). The predicted molar refractivity (Wildman–Crippen MR) is 144 cm³/mol. The van der Waals surface area contributed by atoms with Crippen LogP contribution in [0.25, 0.3) is 0 Å². The number of nitrogens with one attached hydrogen (secondary N) is 1. The minimum Gasteiger partial charge on any atom is -0.354 e. The Labute approximate surface area is 222 Å². The molecule has 0 fully saturated rings. The molecule has 1 atom stereocenters. The summed E-state index contributed by atoms with van der Waals surface area (Å²) in [7, 11) is -4.23. The summed E-state index contributed by atoms with van der Waals surface area (Å²) in [5.74, 6) is -0.963. The number of benzene rings is 3. The highest BCUT2D eigenvalue weighted by Gasteiger charge is 2.32. The van der Waals surface area contributed by atoms with Gasteiger partial charge in [0.05, 0.1) is 15.5 Å². The molecular weight excluding hydrogens is 508 g/mol. The first kappa shape index (κ1) is 28.3. The molecule has 3 aromatic rings. The number of amides is 2. The largest absolute Gasteiger partial charge is 0.354 e. The van der Waals surface area contributed by atoms with Crippen LogP contribution in [0.3, 0.4) is 0 Å². The van der Waals surface area contributed by atoms with Crippen LogP contribution in [-0.2, 0) is 26.2 Å². The number of carbonyl (C=O) groups excluding carboxylic acids is 2. The summed E-state index contributed by atoms with van der Waals surface area (Å²) >= 11 is 0. The molecule has 1 unspecified atom stereocenters. The van der Waals surface area contributed by atoms with Gasteiger partial charge in [-0.3, -0.25) is 24.0 Å². The summed E-state index contributed by atoms with van der Waals surface area (Å²) in [6.07, 6.45) is 0.717. The number of nitro benzene ring substituents is 1. The van der Waals surface area contributed by atoms with E-state index in [2.05, 4.69) is 5.32 Å². The Morgan fingerprint density at radius 2 is 1.53 bits per heavy atom. The Hall–Kier alpha value is -4.25. The highest BCUT2D eigenvalue weighted by molar-refractivity contribution is 7.92. The van der Waals surface area contributed by atoms with Crippen LogP contribution in [0.4, 0.5) is 11.4 Å². The third-order valence-corrected chi connectivity index (χ3v) is 7.66. The molecule has 0 radical (unpaired) electrons. The van der Waals surface area contributed by atoms with Gasteiger partial charge in [0.1, 0.15) is 12.6 Å². The van der Waals surface area contributed by atoms with Crippen LogP contribution in [0.15, 0.2) is 89.8 Å². The van der Waals surface area contributed by atoms with E-state index in [4.69, 9.17) is 0 Å². The molecule has 2 amide bonds. The van der Waals surface area contributed by atoms with Gasteiger partial charge in [0.15, 0.2) is 0 Å². The Bertz CT molecular complexity index is 1350. The molecule has 0 aliphatic heterocycles.